The van der Waals surface area contributed by atoms with Crippen LogP contribution in [0.4, 0.5) is 0 Å². The SMILES string of the molecule is CCCOc1ccc(CCC(CN)CO)c(CC)c1. The molecule has 0 fully saturated rings. The van der Waals surface area contributed by atoms with Crippen LogP contribution in [0.3, 0.4) is 0 Å². The summed E-state index contributed by atoms with van der Waals surface area (Å²) in [5, 5.41) is 9.17. The summed E-state index contributed by atoms with van der Waals surface area (Å²) in [5.41, 5.74) is 8.30. The number of rotatable bonds is 9. The second-order valence-electron chi connectivity index (χ2n) is 4.96. The molecule has 19 heavy (non-hydrogen) atoms. The standard InChI is InChI=1S/C16H27NO2/c1-3-9-19-16-8-7-15(14(4-2)10-16)6-5-13(11-17)12-18/h7-8,10,13,18H,3-6,9,11-12,17H2,1-2H3. The molecule has 1 rings (SSSR count). The van der Waals surface area contributed by atoms with Gasteiger partial charge in [-0.1, -0.05) is 19.9 Å². The minimum Gasteiger partial charge on any atom is -0.494 e. The van der Waals surface area contributed by atoms with Crippen LogP contribution < -0.4 is 10.5 Å². The van der Waals surface area contributed by atoms with E-state index in [4.69, 9.17) is 10.5 Å². The smallest absolute Gasteiger partial charge is 0.119 e. The Morgan fingerprint density at radius 3 is 2.63 bits per heavy atom. The Kier molecular flexibility index (Phi) is 7.53. The number of nitrogens with two attached hydrogens (primary N) is 1. The molecule has 0 amide bonds. The molecule has 0 aliphatic heterocycles. The van der Waals surface area contributed by atoms with Crippen molar-refractivity contribution in [1.82, 2.24) is 0 Å². The molecule has 1 aromatic rings. The highest BCUT2D eigenvalue weighted by atomic mass is 16.5. The van der Waals surface area contributed by atoms with Crippen LogP contribution in [0.5, 0.6) is 5.75 Å². The summed E-state index contributed by atoms with van der Waals surface area (Å²) in [6, 6.07) is 6.33. The molecule has 0 saturated heterocycles. The van der Waals surface area contributed by atoms with Crippen LogP contribution in [0.1, 0.15) is 37.8 Å². The molecule has 0 aliphatic carbocycles. The van der Waals surface area contributed by atoms with E-state index < -0.39 is 0 Å². The number of ether oxygens (including phenoxy) is 1. The van der Waals surface area contributed by atoms with E-state index in [-0.39, 0.29) is 12.5 Å². The van der Waals surface area contributed by atoms with Crippen molar-refractivity contribution in [2.75, 3.05) is 19.8 Å². The van der Waals surface area contributed by atoms with E-state index in [0.29, 0.717) is 6.54 Å². The second kappa shape index (κ2) is 8.94. The summed E-state index contributed by atoms with van der Waals surface area (Å²) in [7, 11) is 0. The summed E-state index contributed by atoms with van der Waals surface area (Å²) >= 11 is 0. The van der Waals surface area contributed by atoms with Gasteiger partial charge in [-0.25, -0.2) is 0 Å². The second-order valence-corrected chi connectivity index (χ2v) is 4.96. The molecule has 0 saturated carbocycles. The summed E-state index contributed by atoms with van der Waals surface area (Å²) < 4.78 is 5.66. The zero-order valence-electron chi connectivity index (χ0n) is 12.2. The lowest BCUT2D eigenvalue weighted by Crippen LogP contribution is -2.18. The first-order chi connectivity index (χ1) is 9.24. The van der Waals surface area contributed by atoms with Crippen molar-refractivity contribution >= 4 is 0 Å². The van der Waals surface area contributed by atoms with Gasteiger partial charge in [0, 0.05) is 6.61 Å². The van der Waals surface area contributed by atoms with E-state index >= 15 is 0 Å². The third-order valence-corrected chi connectivity index (χ3v) is 3.44. The lowest BCUT2D eigenvalue weighted by atomic mass is 9.96. The molecule has 3 heteroatoms. The Labute approximate surface area is 116 Å². The van der Waals surface area contributed by atoms with Crippen LogP contribution in [-0.4, -0.2) is 24.9 Å². The van der Waals surface area contributed by atoms with Crippen LogP contribution in [0.25, 0.3) is 0 Å². The van der Waals surface area contributed by atoms with Crippen molar-refractivity contribution < 1.29 is 9.84 Å². The van der Waals surface area contributed by atoms with Crippen LogP contribution in [0, 0.1) is 5.92 Å². The topological polar surface area (TPSA) is 55.5 Å². The molecular weight excluding hydrogens is 238 g/mol. The van der Waals surface area contributed by atoms with Gasteiger partial charge in [0.25, 0.3) is 0 Å². The summed E-state index contributed by atoms with van der Waals surface area (Å²) in [4.78, 5) is 0. The lowest BCUT2D eigenvalue weighted by Gasteiger charge is -2.14. The monoisotopic (exact) mass is 265 g/mol. The van der Waals surface area contributed by atoms with Crippen molar-refractivity contribution in [3.8, 4) is 5.75 Å². The Bertz CT molecular complexity index is 362. The zero-order valence-corrected chi connectivity index (χ0v) is 12.2. The molecule has 0 radical (unpaired) electrons. The fourth-order valence-electron chi connectivity index (χ4n) is 2.13. The average molecular weight is 265 g/mol. The Morgan fingerprint density at radius 1 is 1.26 bits per heavy atom. The van der Waals surface area contributed by atoms with Crippen LogP contribution >= 0.6 is 0 Å². The van der Waals surface area contributed by atoms with Crippen molar-refractivity contribution in [3.63, 3.8) is 0 Å². The van der Waals surface area contributed by atoms with Gasteiger partial charge < -0.3 is 15.6 Å². The van der Waals surface area contributed by atoms with Crippen molar-refractivity contribution in [1.29, 1.82) is 0 Å². The first-order valence-corrected chi connectivity index (χ1v) is 7.30. The number of hydrogen-bond acceptors (Lipinski definition) is 3. The fraction of sp³-hybridized carbons (Fsp3) is 0.625. The number of aliphatic hydroxyl groups is 1. The number of aliphatic hydroxyl groups excluding tert-OH is 1. The molecule has 1 atom stereocenters. The molecule has 0 bridgehead atoms. The van der Waals surface area contributed by atoms with E-state index in [9.17, 15) is 5.11 Å². The van der Waals surface area contributed by atoms with Crippen LogP contribution in [0.2, 0.25) is 0 Å². The highest BCUT2D eigenvalue weighted by molar-refractivity contribution is 5.36. The van der Waals surface area contributed by atoms with Gasteiger partial charge in [-0.05, 0) is 61.4 Å². The van der Waals surface area contributed by atoms with Crippen LogP contribution in [-0.2, 0) is 12.8 Å². The molecule has 1 aromatic carbocycles. The van der Waals surface area contributed by atoms with Crippen LogP contribution in [0.15, 0.2) is 18.2 Å². The molecule has 0 aliphatic rings. The van der Waals surface area contributed by atoms with Crippen molar-refractivity contribution in [2.24, 2.45) is 11.7 Å². The normalized spacial score (nSPS) is 12.4. The predicted molar refractivity (Wildman–Crippen MR) is 79.6 cm³/mol. The van der Waals surface area contributed by atoms with Gasteiger partial charge in [0.1, 0.15) is 5.75 Å². The summed E-state index contributed by atoms with van der Waals surface area (Å²) in [6.07, 6.45) is 3.94. The third-order valence-electron chi connectivity index (χ3n) is 3.44. The molecule has 0 heterocycles. The maximum Gasteiger partial charge on any atom is 0.119 e. The van der Waals surface area contributed by atoms with Gasteiger partial charge in [0.05, 0.1) is 6.61 Å². The van der Waals surface area contributed by atoms with Gasteiger partial charge in [0.2, 0.25) is 0 Å². The zero-order chi connectivity index (χ0) is 14.1. The molecule has 0 spiro atoms. The van der Waals surface area contributed by atoms with E-state index in [1.54, 1.807) is 0 Å². The number of benzene rings is 1. The minimum atomic E-state index is 0.176. The minimum absolute atomic E-state index is 0.176. The largest absolute Gasteiger partial charge is 0.494 e. The molecule has 3 N–H and O–H groups in total. The summed E-state index contributed by atoms with van der Waals surface area (Å²) in [5.74, 6) is 1.17. The van der Waals surface area contributed by atoms with E-state index in [0.717, 1.165) is 38.0 Å². The first-order valence-electron chi connectivity index (χ1n) is 7.30. The Morgan fingerprint density at radius 2 is 2.05 bits per heavy atom. The van der Waals surface area contributed by atoms with E-state index in [1.807, 2.05) is 6.07 Å². The van der Waals surface area contributed by atoms with E-state index in [1.165, 1.54) is 11.1 Å². The first kappa shape index (κ1) is 16.0. The summed E-state index contributed by atoms with van der Waals surface area (Å²) in [6.45, 7) is 5.76. The molecule has 1 unspecified atom stereocenters. The number of aryl methyl sites for hydroxylation is 2. The van der Waals surface area contributed by atoms with Gasteiger partial charge >= 0.3 is 0 Å². The molecular formula is C16H27NO2. The van der Waals surface area contributed by atoms with Crippen molar-refractivity contribution in [2.45, 2.75) is 39.5 Å². The van der Waals surface area contributed by atoms with Gasteiger partial charge in [-0.15, -0.1) is 0 Å². The Hall–Kier alpha value is -1.06. The lowest BCUT2D eigenvalue weighted by molar-refractivity contribution is 0.223. The average Bonchev–Trinajstić information content (AvgIpc) is 2.46. The Balaban J connectivity index is 2.67. The maximum absolute atomic E-state index is 9.17. The van der Waals surface area contributed by atoms with Gasteiger partial charge in [-0.2, -0.15) is 0 Å². The van der Waals surface area contributed by atoms with Gasteiger partial charge in [-0.3, -0.25) is 0 Å². The van der Waals surface area contributed by atoms with Crippen molar-refractivity contribution in [3.05, 3.63) is 29.3 Å². The predicted octanol–water partition coefficient (Wildman–Crippen LogP) is 2.54. The molecule has 0 aromatic heterocycles. The highest BCUT2D eigenvalue weighted by Crippen LogP contribution is 2.21. The third kappa shape index (κ3) is 5.21. The molecule has 3 nitrogen and oxygen atoms in total. The maximum atomic E-state index is 9.17. The quantitative estimate of drug-likeness (QED) is 0.721. The van der Waals surface area contributed by atoms with Gasteiger partial charge in [0.15, 0.2) is 0 Å². The highest BCUT2D eigenvalue weighted by Gasteiger charge is 2.08. The number of hydrogen-bond donors (Lipinski definition) is 2. The van der Waals surface area contributed by atoms with E-state index in [2.05, 4.69) is 26.0 Å². The fourth-order valence-corrected chi connectivity index (χ4v) is 2.13. The molecule has 108 valence electrons.